The fourth-order valence-electron chi connectivity index (χ4n) is 1.28. The van der Waals surface area contributed by atoms with Crippen molar-refractivity contribution in [3.05, 3.63) is 23.2 Å². The molecule has 0 unspecified atom stereocenters. The molecule has 1 aromatic rings. The van der Waals surface area contributed by atoms with Gasteiger partial charge in [0.05, 0.1) is 5.02 Å². The molecule has 1 aromatic carbocycles. The van der Waals surface area contributed by atoms with E-state index in [4.69, 9.17) is 17.3 Å². The van der Waals surface area contributed by atoms with Gasteiger partial charge >= 0.3 is 0 Å². The molecule has 0 saturated heterocycles. The zero-order valence-electron chi connectivity index (χ0n) is 9.79. The van der Waals surface area contributed by atoms with Crippen molar-refractivity contribution in [2.45, 2.75) is 31.2 Å². The van der Waals surface area contributed by atoms with Crippen molar-refractivity contribution in [3.63, 3.8) is 0 Å². The molecule has 4 heteroatoms. The monoisotopic (exact) mass is 258 g/mol. The van der Waals surface area contributed by atoms with Crippen LogP contribution in [0.1, 0.15) is 20.3 Å². The van der Waals surface area contributed by atoms with Crippen LogP contribution in [0.25, 0.3) is 0 Å². The van der Waals surface area contributed by atoms with Crippen molar-refractivity contribution < 1.29 is 0 Å². The average Bonchev–Trinajstić information content (AvgIpc) is 2.20. The third-order valence-electron chi connectivity index (χ3n) is 2.09. The van der Waals surface area contributed by atoms with Crippen LogP contribution in [0, 0.1) is 0 Å². The van der Waals surface area contributed by atoms with Crippen LogP contribution in [0.15, 0.2) is 23.1 Å². The van der Waals surface area contributed by atoms with E-state index < -0.39 is 0 Å². The fraction of sp³-hybridized carbons (Fsp3) is 0.500. The maximum Gasteiger partial charge on any atom is 0.0562 e. The highest BCUT2D eigenvalue weighted by Crippen LogP contribution is 2.28. The van der Waals surface area contributed by atoms with Gasteiger partial charge in [0.1, 0.15) is 0 Å². The maximum absolute atomic E-state index is 6.08. The Labute approximate surface area is 107 Å². The molecule has 0 saturated carbocycles. The smallest absolute Gasteiger partial charge is 0.0562 e. The third kappa shape index (κ3) is 5.10. The van der Waals surface area contributed by atoms with Crippen molar-refractivity contribution in [2.75, 3.05) is 18.0 Å². The van der Waals surface area contributed by atoms with Crippen LogP contribution in [0.5, 0.6) is 0 Å². The van der Waals surface area contributed by atoms with E-state index >= 15 is 0 Å². The lowest BCUT2D eigenvalue weighted by atomic mass is 10.3. The number of nitrogens with two attached hydrogens (primary N) is 1. The molecule has 0 bridgehead atoms. The summed E-state index contributed by atoms with van der Waals surface area (Å²) in [7, 11) is 0. The summed E-state index contributed by atoms with van der Waals surface area (Å²) < 4.78 is 0. The summed E-state index contributed by atoms with van der Waals surface area (Å²) in [5.74, 6) is 1.07. The normalized spacial score (nSPS) is 11.0. The number of nitrogens with one attached hydrogen (secondary N) is 1. The summed E-state index contributed by atoms with van der Waals surface area (Å²) >= 11 is 7.86. The maximum atomic E-state index is 6.08. The van der Waals surface area contributed by atoms with Gasteiger partial charge in [-0.25, -0.2) is 0 Å². The molecule has 1 rings (SSSR count). The Morgan fingerprint density at radius 2 is 2.19 bits per heavy atom. The first kappa shape index (κ1) is 13.7. The molecule has 16 heavy (non-hydrogen) atoms. The number of halogens is 1. The van der Waals surface area contributed by atoms with E-state index in [2.05, 4.69) is 19.2 Å². The first-order valence-electron chi connectivity index (χ1n) is 5.51. The van der Waals surface area contributed by atoms with E-state index in [1.807, 2.05) is 12.1 Å². The van der Waals surface area contributed by atoms with Crippen LogP contribution >= 0.6 is 23.4 Å². The molecule has 0 fully saturated rings. The lowest BCUT2D eigenvalue weighted by Gasteiger charge is -2.08. The van der Waals surface area contributed by atoms with Crippen molar-refractivity contribution >= 4 is 29.1 Å². The van der Waals surface area contributed by atoms with Crippen molar-refractivity contribution in [3.8, 4) is 0 Å². The number of thioether (sulfide) groups is 1. The van der Waals surface area contributed by atoms with Gasteiger partial charge in [0.25, 0.3) is 0 Å². The molecule has 0 atom stereocenters. The van der Waals surface area contributed by atoms with Crippen LogP contribution < -0.4 is 11.1 Å². The molecule has 0 aliphatic rings. The van der Waals surface area contributed by atoms with Crippen LogP contribution in [0.4, 0.5) is 5.69 Å². The first-order chi connectivity index (χ1) is 7.59. The predicted octanol–water partition coefficient (Wildman–Crippen LogP) is 3.40. The minimum absolute atomic E-state index is 0.560. The molecule has 0 heterocycles. The highest BCUT2D eigenvalue weighted by molar-refractivity contribution is 7.99. The highest BCUT2D eigenvalue weighted by Gasteiger charge is 2.01. The molecule has 0 amide bonds. The van der Waals surface area contributed by atoms with E-state index in [1.54, 1.807) is 17.8 Å². The minimum atomic E-state index is 0.560. The van der Waals surface area contributed by atoms with Gasteiger partial charge in [-0.05, 0) is 36.9 Å². The second-order valence-corrected chi connectivity index (χ2v) is 5.54. The van der Waals surface area contributed by atoms with Crippen molar-refractivity contribution in [2.24, 2.45) is 0 Å². The molecule has 0 aliphatic carbocycles. The molecule has 3 N–H and O–H groups in total. The summed E-state index contributed by atoms with van der Waals surface area (Å²) in [5.41, 5.74) is 6.35. The van der Waals surface area contributed by atoms with Gasteiger partial charge in [-0.2, -0.15) is 0 Å². The first-order valence-corrected chi connectivity index (χ1v) is 6.87. The van der Waals surface area contributed by atoms with Gasteiger partial charge in [-0.3, -0.25) is 0 Å². The number of hydrogen-bond donors (Lipinski definition) is 2. The SMILES string of the molecule is CC(C)NCCCSc1ccc(N)cc1Cl. The Balaban J connectivity index is 2.27. The summed E-state index contributed by atoms with van der Waals surface area (Å²) in [4.78, 5) is 1.11. The lowest BCUT2D eigenvalue weighted by Crippen LogP contribution is -2.23. The molecular weight excluding hydrogens is 240 g/mol. The molecule has 0 radical (unpaired) electrons. The standard InChI is InChI=1S/C12H19ClN2S/c1-9(2)15-6-3-7-16-12-5-4-10(14)8-11(12)13/h4-5,8-9,15H,3,6-7,14H2,1-2H3. The second kappa shape index (κ2) is 7.05. The number of hydrogen-bond acceptors (Lipinski definition) is 3. The molecular formula is C12H19ClN2S. The highest BCUT2D eigenvalue weighted by atomic mass is 35.5. The number of nitrogen functional groups attached to an aromatic ring is 1. The largest absolute Gasteiger partial charge is 0.399 e. The van der Waals surface area contributed by atoms with E-state index in [0.29, 0.717) is 6.04 Å². The lowest BCUT2D eigenvalue weighted by molar-refractivity contribution is 0.586. The van der Waals surface area contributed by atoms with Crippen LogP contribution in [-0.2, 0) is 0 Å². The van der Waals surface area contributed by atoms with Crippen LogP contribution in [-0.4, -0.2) is 18.3 Å². The Morgan fingerprint density at radius 3 is 2.81 bits per heavy atom. The minimum Gasteiger partial charge on any atom is -0.399 e. The predicted molar refractivity (Wildman–Crippen MR) is 74.3 cm³/mol. The Bertz CT molecular complexity index is 329. The van der Waals surface area contributed by atoms with Gasteiger partial charge < -0.3 is 11.1 Å². The summed E-state index contributed by atoms with van der Waals surface area (Å²) in [5, 5.41) is 4.14. The Kier molecular flexibility index (Phi) is 6.03. The third-order valence-corrected chi connectivity index (χ3v) is 3.67. The topological polar surface area (TPSA) is 38.0 Å². The Morgan fingerprint density at radius 1 is 1.44 bits per heavy atom. The summed E-state index contributed by atoms with van der Waals surface area (Å²) in [6, 6.07) is 6.24. The van der Waals surface area contributed by atoms with Crippen molar-refractivity contribution in [1.29, 1.82) is 0 Å². The Hall–Kier alpha value is -0.380. The van der Waals surface area contributed by atoms with Gasteiger partial charge in [-0.1, -0.05) is 25.4 Å². The number of benzene rings is 1. The van der Waals surface area contributed by atoms with Gasteiger partial charge in [-0.15, -0.1) is 11.8 Å². The number of anilines is 1. The molecule has 2 nitrogen and oxygen atoms in total. The number of rotatable bonds is 6. The van der Waals surface area contributed by atoms with Crippen molar-refractivity contribution in [1.82, 2.24) is 5.32 Å². The molecule has 0 aliphatic heterocycles. The van der Waals surface area contributed by atoms with E-state index in [9.17, 15) is 0 Å². The molecule has 0 aromatic heterocycles. The van der Waals surface area contributed by atoms with Gasteiger partial charge in [0.15, 0.2) is 0 Å². The molecule has 0 spiro atoms. The fourth-order valence-corrected chi connectivity index (χ4v) is 2.50. The van der Waals surface area contributed by atoms with E-state index in [0.717, 1.165) is 34.3 Å². The van der Waals surface area contributed by atoms with Crippen LogP contribution in [0.2, 0.25) is 5.02 Å². The quantitative estimate of drug-likeness (QED) is 0.467. The van der Waals surface area contributed by atoms with E-state index in [-0.39, 0.29) is 0 Å². The average molecular weight is 259 g/mol. The van der Waals surface area contributed by atoms with E-state index in [1.165, 1.54) is 0 Å². The summed E-state index contributed by atoms with van der Waals surface area (Å²) in [6.45, 7) is 5.37. The van der Waals surface area contributed by atoms with Gasteiger partial charge in [0, 0.05) is 16.6 Å². The van der Waals surface area contributed by atoms with Gasteiger partial charge in [0.2, 0.25) is 0 Å². The van der Waals surface area contributed by atoms with Crippen LogP contribution in [0.3, 0.4) is 0 Å². The zero-order valence-corrected chi connectivity index (χ0v) is 11.4. The molecule has 90 valence electrons. The summed E-state index contributed by atoms with van der Waals surface area (Å²) in [6.07, 6.45) is 1.14. The second-order valence-electron chi connectivity index (χ2n) is 4.00. The zero-order chi connectivity index (χ0) is 12.0.